The number of hydrogen-bond acceptors (Lipinski definition) is 3. The van der Waals surface area contributed by atoms with Gasteiger partial charge in [-0.2, -0.15) is 0 Å². The molecule has 5 nitrogen and oxygen atoms in total. The first-order chi connectivity index (χ1) is 9.40. The van der Waals surface area contributed by atoms with Crippen LogP contribution in [0.1, 0.15) is 25.8 Å². The van der Waals surface area contributed by atoms with Crippen molar-refractivity contribution in [2.24, 2.45) is 17.4 Å². The quantitative estimate of drug-likeness (QED) is 0.700. The van der Waals surface area contributed by atoms with E-state index >= 15 is 0 Å². The van der Waals surface area contributed by atoms with E-state index < -0.39 is 18.0 Å². The van der Waals surface area contributed by atoms with Gasteiger partial charge in [0.25, 0.3) is 0 Å². The Balaban J connectivity index is 0.00000400. The Kier molecular flexibility index (Phi) is 8.66. The van der Waals surface area contributed by atoms with E-state index in [9.17, 15) is 9.59 Å². The predicted molar refractivity (Wildman–Crippen MR) is 85.9 cm³/mol. The van der Waals surface area contributed by atoms with Crippen LogP contribution in [-0.2, 0) is 16.0 Å². The van der Waals surface area contributed by atoms with Crippen molar-refractivity contribution < 1.29 is 9.59 Å². The smallest absolute Gasteiger partial charge is 0.240 e. The zero-order valence-corrected chi connectivity index (χ0v) is 13.2. The second-order valence-electron chi connectivity index (χ2n) is 5.39. The molecule has 0 aliphatic heterocycles. The molecule has 0 spiro atoms. The maximum absolute atomic E-state index is 11.9. The normalized spacial score (nSPS) is 13.1. The number of rotatable bonds is 7. The summed E-state index contributed by atoms with van der Waals surface area (Å²) in [5.74, 6) is -0.575. The van der Waals surface area contributed by atoms with Crippen molar-refractivity contribution >= 4 is 24.2 Å². The molecule has 2 unspecified atom stereocenters. The van der Waals surface area contributed by atoms with Gasteiger partial charge in [0.1, 0.15) is 6.04 Å². The summed E-state index contributed by atoms with van der Waals surface area (Å²) >= 11 is 0. The third kappa shape index (κ3) is 7.11. The van der Waals surface area contributed by atoms with Crippen LogP contribution in [0, 0.1) is 5.92 Å². The zero-order chi connectivity index (χ0) is 15.1. The van der Waals surface area contributed by atoms with Gasteiger partial charge in [0.2, 0.25) is 11.8 Å². The SMILES string of the molecule is CC(C)CC(N)C(=O)NC(Cc1ccccc1)C(N)=O.Cl. The molecular weight excluding hydrogens is 290 g/mol. The lowest BCUT2D eigenvalue weighted by atomic mass is 10.0. The van der Waals surface area contributed by atoms with E-state index in [1.165, 1.54) is 0 Å². The third-order valence-corrected chi connectivity index (χ3v) is 3.00. The maximum Gasteiger partial charge on any atom is 0.240 e. The number of halogens is 1. The largest absolute Gasteiger partial charge is 0.368 e. The number of nitrogens with one attached hydrogen (secondary N) is 1. The molecular formula is C15H24ClN3O2. The summed E-state index contributed by atoms with van der Waals surface area (Å²) in [6.07, 6.45) is 0.943. The molecule has 0 bridgehead atoms. The fourth-order valence-electron chi connectivity index (χ4n) is 1.97. The Morgan fingerprint density at radius 1 is 1.19 bits per heavy atom. The molecule has 1 aromatic carbocycles. The van der Waals surface area contributed by atoms with E-state index in [1.807, 2.05) is 44.2 Å². The molecule has 0 aliphatic carbocycles. The lowest BCUT2D eigenvalue weighted by Gasteiger charge is -2.19. The van der Waals surface area contributed by atoms with Crippen LogP contribution in [0.5, 0.6) is 0 Å². The molecule has 118 valence electrons. The van der Waals surface area contributed by atoms with Crippen molar-refractivity contribution in [3.8, 4) is 0 Å². The van der Waals surface area contributed by atoms with Crippen molar-refractivity contribution in [3.63, 3.8) is 0 Å². The molecule has 6 heteroatoms. The average molecular weight is 314 g/mol. The maximum atomic E-state index is 11.9. The molecule has 5 N–H and O–H groups in total. The van der Waals surface area contributed by atoms with Crippen LogP contribution in [0.2, 0.25) is 0 Å². The molecule has 1 rings (SSSR count). The van der Waals surface area contributed by atoms with Crippen LogP contribution in [-0.4, -0.2) is 23.9 Å². The van der Waals surface area contributed by atoms with Crippen molar-refractivity contribution in [2.45, 2.75) is 38.8 Å². The molecule has 2 amide bonds. The van der Waals surface area contributed by atoms with E-state index in [-0.39, 0.29) is 18.3 Å². The number of amides is 2. The fraction of sp³-hybridized carbons (Fsp3) is 0.467. The lowest BCUT2D eigenvalue weighted by Crippen LogP contribution is -2.51. The fourth-order valence-corrected chi connectivity index (χ4v) is 1.97. The monoisotopic (exact) mass is 313 g/mol. The van der Waals surface area contributed by atoms with Gasteiger partial charge in [0.15, 0.2) is 0 Å². The summed E-state index contributed by atoms with van der Waals surface area (Å²) < 4.78 is 0. The number of hydrogen-bond donors (Lipinski definition) is 3. The first kappa shape index (κ1) is 19.4. The van der Waals surface area contributed by atoms with E-state index in [1.54, 1.807) is 0 Å². The highest BCUT2D eigenvalue weighted by molar-refractivity contribution is 5.89. The molecule has 0 heterocycles. The molecule has 0 aromatic heterocycles. The zero-order valence-electron chi connectivity index (χ0n) is 12.4. The topological polar surface area (TPSA) is 98.2 Å². The summed E-state index contributed by atoms with van der Waals surface area (Å²) in [5.41, 5.74) is 12.1. The minimum atomic E-state index is -0.733. The Labute approximate surface area is 131 Å². The van der Waals surface area contributed by atoms with Crippen LogP contribution in [0.15, 0.2) is 30.3 Å². The van der Waals surface area contributed by atoms with Crippen LogP contribution >= 0.6 is 12.4 Å². The Morgan fingerprint density at radius 3 is 2.24 bits per heavy atom. The highest BCUT2D eigenvalue weighted by Gasteiger charge is 2.22. The molecule has 0 radical (unpaired) electrons. The molecule has 0 fully saturated rings. The Bertz CT molecular complexity index is 451. The minimum absolute atomic E-state index is 0. The second kappa shape index (κ2) is 9.37. The van der Waals surface area contributed by atoms with Crippen molar-refractivity contribution in [1.82, 2.24) is 5.32 Å². The molecule has 2 atom stereocenters. The minimum Gasteiger partial charge on any atom is -0.368 e. The highest BCUT2D eigenvalue weighted by atomic mass is 35.5. The van der Waals surface area contributed by atoms with Gasteiger partial charge in [-0.05, 0) is 17.9 Å². The second-order valence-corrected chi connectivity index (χ2v) is 5.39. The van der Waals surface area contributed by atoms with Gasteiger partial charge in [0, 0.05) is 6.42 Å². The van der Waals surface area contributed by atoms with E-state index in [2.05, 4.69) is 5.32 Å². The van der Waals surface area contributed by atoms with Gasteiger partial charge in [-0.3, -0.25) is 9.59 Å². The number of carbonyl (C=O) groups excluding carboxylic acids is 2. The standard InChI is InChI=1S/C15H23N3O2.ClH/c1-10(2)8-12(16)15(20)18-13(14(17)19)9-11-6-4-3-5-7-11;/h3-7,10,12-13H,8-9,16H2,1-2H3,(H2,17,19)(H,18,20);1H. The highest BCUT2D eigenvalue weighted by Crippen LogP contribution is 2.05. The summed E-state index contributed by atoms with van der Waals surface area (Å²) in [6, 6.07) is 8.06. The van der Waals surface area contributed by atoms with Gasteiger partial charge in [-0.25, -0.2) is 0 Å². The molecule has 0 aliphatic rings. The van der Waals surface area contributed by atoms with E-state index in [4.69, 9.17) is 11.5 Å². The van der Waals surface area contributed by atoms with Crippen molar-refractivity contribution in [3.05, 3.63) is 35.9 Å². The summed E-state index contributed by atoms with van der Waals surface area (Å²) in [6.45, 7) is 3.98. The number of carbonyl (C=O) groups is 2. The van der Waals surface area contributed by atoms with Gasteiger partial charge >= 0.3 is 0 Å². The molecule has 1 aromatic rings. The van der Waals surface area contributed by atoms with Gasteiger partial charge in [-0.15, -0.1) is 12.4 Å². The summed E-state index contributed by atoms with van der Waals surface area (Å²) in [4.78, 5) is 23.4. The van der Waals surface area contributed by atoms with Crippen LogP contribution in [0.4, 0.5) is 0 Å². The van der Waals surface area contributed by atoms with E-state index in [0.717, 1.165) is 5.56 Å². The van der Waals surface area contributed by atoms with Gasteiger partial charge < -0.3 is 16.8 Å². The summed E-state index contributed by atoms with van der Waals surface area (Å²) in [7, 11) is 0. The number of primary amides is 1. The number of benzene rings is 1. The van der Waals surface area contributed by atoms with Crippen LogP contribution in [0.25, 0.3) is 0 Å². The van der Waals surface area contributed by atoms with E-state index in [0.29, 0.717) is 18.8 Å². The predicted octanol–water partition coefficient (Wildman–Crippen LogP) is 0.994. The Morgan fingerprint density at radius 2 is 1.76 bits per heavy atom. The number of nitrogens with two attached hydrogens (primary N) is 2. The lowest BCUT2D eigenvalue weighted by molar-refractivity contribution is -0.128. The summed E-state index contributed by atoms with van der Waals surface area (Å²) in [5, 5.41) is 2.63. The third-order valence-electron chi connectivity index (χ3n) is 3.00. The van der Waals surface area contributed by atoms with Crippen molar-refractivity contribution in [2.75, 3.05) is 0 Å². The Hall–Kier alpha value is -1.59. The van der Waals surface area contributed by atoms with Gasteiger partial charge in [0.05, 0.1) is 6.04 Å². The molecule has 0 saturated carbocycles. The first-order valence-electron chi connectivity index (χ1n) is 6.79. The first-order valence-corrected chi connectivity index (χ1v) is 6.79. The average Bonchev–Trinajstić information content (AvgIpc) is 2.38. The van der Waals surface area contributed by atoms with Crippen LogP contribution in [0.3, 0.4) is 0 Å². The van der Waals surface area contributed by atoms with Crippen molar-refractivity contribution in [1.29, 1.82) is 0 Å². The van der Waals surface area contributed by atoms with Gasteiger partial charge in [-0.1, -0.05) is 44.2 Å². The molecule has 21 heavy (non-hydrogen) atoms. The van der Waals surface area contributed by atoms with Crippen LogP contribution < -0.4 is 16.8 Å². The molecule has 0 saturated heterocycles.